The number of hydrazone groups is 1. The Morgan fingerprint density at radius 1 is 1.29 bits per heavy atom. The summed E-state index contributed by atoms with van der Waals surface area (Å²) in [4.78, 5) is 10.7. The van der Waals surface area contributed by atoms with Gasteiger partial charge in [0.25, 0.3) is 0 Å². The molecule has 1 rings (SSSR count). The van der Waals surface area contributed by atoms with Crippen LogP contribution in [0.25, 0.3) is 0 Å². The Labute approximate surface area is 100 Å². The number of benzene rings is 1. The van der Waals surface area contributed by atoms with Gasteiger partial charge in [-0.05, 0) is 24.3 Å². The zero-order valence-electron chi connectivity index (χ0n) is 8.68. The van der Waals surface area contributed by atoms with Gasteiger partial charge >= 0.3 is 6.18 Å². The number of rotatable bonds is 3. The molecule has 0 saturated carbocycles. The van der Waals surface area contributed by atoms with E-state index in [2.05, 4.69) is 10.5 Å². The van der Waals surface area contributed by atoms with Gasteiger partial charge in [0, 0.05) is 6.92 Å². The molecule has 0 aliphatic rings. The topological polar surface area (TPSA) is 41.5 Å². The summed E-state index contributed by atoms with van der Waals surface area (Å²) in [5.74, 6) is -0.439. The summed E-state index contributed by atoms with van der Waals surface area (Å²) in [6.07, 6.45) is -4.38. The Kier molecular flexibility index (Phi) is 4.11. The lowest BCUT2D eigenvalue weighted by atomic mass is 10.2. The van der Waals surface area contributed by atoms with Crippen molar-refractivity contribution in [1.29, 1.82) is 0 Å². The first-order chi connectivity index (χ1) is 7.80. The first-order valence-electron chi connectivity index (χ1n) is 4.48. The summed E-state index contributed by atoms with van der Waals surface area (Å²) in [6.45, 7) is 1.22. The third-order valence-corrected chi connectivity index (χ3v) is 2.14. The number of alkyl halides is 3. The molecule has 0 aliphatic heterocycles. The fraction of sp³-hybridized carbons (Fsp3) is 0.200. The molecule has 1 N–H and O–H groups in total. The van der Waals surface area contributed by atoms with Crippen LogP contribution in [0.15, 0.2) is 29.4 Å². The molecule has 0 heterocycles. The summed E-state index contributed by atoms with van der Waals surface area (Å²) >= 11 is 5.43. The highest BCUT2D eigenvalue weighted by atomic mass is 35.5. The largest absolute Gasteiger partial charge is 0.416 e. The molecule has 0 radical (unpaired) electrons. The van der Waals surface area contributed by atoms with Gasteiger partial charge in [-0.3, -0.25) is 10.2 Å². The minimum absolute atomic E-state index is 0.273. The van der Waals surface area contributed by atoms with Crippen molar-refractivity contribution < 1.29 is 18.0 Å². The van der Waals surface area contributed by atoms with Crippen molar-refractivity contribution in [3.63, 3.8) is 0 Å². The monoisotopic (exact) mass is 264 g/mol. The summed E-state index contributed by atoms with van der Waals surface area (Å²) in [5, 5.41) is 3.21. The van der Waals surface area contributed by atoms with Crippen molar-refractivity contribution in [3.05, 3.63) is 29.8 Å². The Bertz CT molecular complexity index is 440. The Hall–Kier alpha value is -1.56. The number of carbonyl (C=O) groups is 1. The summed E-state index contributed by atoms with van der Waals surface area (Å²) in [7, 11) is 0. The van der Waals surface area contributed by atoms with E-state index >= 15 is 0 Å². The zero-order valence-corrected chi connectivity index (χ0v) is 9.43. The summed E-state index contributed by atoms with van der Waals surface area (Å²) in [5.41, 5.74) is 1.92. The fourth-order valence-corrected chi connectivity index (χ4v) is 0.968. The van der Waals surface area contributed by atoms with Crippen LogP contribution in [0.2, 0.25) is 0 Å². The van der Waals surface area contributed by atoms with Gasteiger partial charge in [0.2, 0.25) is 0 Å². The van der Waals surface area contributed by atoms with Gasteiger partial charge in [0.1, 0.15) is 0 Å². The van der Waals surface area contributed by atoms with Gasteiger partial charge in [-0.25, -0.2) is 0 Å². The molecule has 0 fully saturated rings. The van der Waals surface area contributed by atoms with E-state index in [9.17, 15) is 18.0 Å². The van der Waals surface area contributed by atoms with Crippen molar-refractivity contribution in [2.75, 3.05) is 5.43 Å². The molecule has 17 heavy (non-hydrogen) atoms. The van der Waals surface area contributed by atoms with Crippen molar-refractivity contribution >= 4 is 28.2 Å². The quantitative estimate of drug-likeness (QED) is 0.672. The van der Waals surface area contributed by atoms with E-state index in [-0.39, 0.29) is 5.17 Å². The molecule has 7 heteroatoms. The van der Waals surface area contributed by atoms with Crippen LogP contribution >= 0.6 is 11.6 Å². The van der Waals surface area contributed by atoms with Gasteiger partial charge in [-0.2, -0.15) is 18.3 Å². The van der Waals surface area contributed by atoms with Crippen molar-refractivity contribution in [3.8, 4) is 0 Å². The molecular formula is C10H8ClF3N2O. The number of nitrogens with zero attached hydrogens (tertiary/aromatic N) is 1. The highest BCUT2D eigenvalue weighted by Gasteiger charge is 2.29. The van der Waals surface area contributed by atoms with Crippen molar-refractivity contribution in [2.24, 2.45) is 5.10 Å². The van der Waals surface area contributed by atoms with E-state index in [4.69, 9.17) is 11.6 Å². The maximum absolute atomic E-state index is 12.2. The molecule has 1 aromatic rings. The maximum Gasteiger partial charge on any atom is 0.416 e. The molecule has 0 bridgehead atoms. The van der Waals surface area contributed by atoms with Gasteiger partial charge in [-0.15, -0.1) is 0 Å². The molecule has 0 atom stereocenters. The molecule has 3 nitrogen and oxygen atoms in total. The second kappa shape index (κ2) is 5.18. The number of anilines is 1. The number of nitrogens with one attached hydrogen (secondary N) is 1. The molecule has 0 spiro atoms. The molecule has 0 saturated heterocycles. The summed E-state index contributed by atoms with van der Waals surface area (Å²) in [6, 6.07) is 4.19. The molecule has 92 valence electrons. The predicted octanol–water partition coefficient (Wildman–Crippen LogP) is 3.26. The lowest BCUT2D eigenvalue weighted by Gasteiger charge is -2.07. The Morgan fingerprint density at radius 2 is 1.82 bits per heavy atom. The Morgan fingerprint density at radius 3 is 2.24 bits per heavy atom. The molecule has 1 aromatic carbocycles. The summed E-state index contributed by atoms with van der Waals surface area (Å²) < 4.78 is 36.7. The smallest absolute Gasteiger partial charge is 0.292 e. The minimum Gasteiger partial charge on any atom is -0.292 e. The number of ketones is 1. The van der Waals surface area contributed by atoms with E-state index in [1.165, 1.54) is 19.1 Å². The highest BCUT2D eigenvalue weighted by molar-refractivity contribution is 6.82. The van der Waals surface area contributed by atoms with Crippen LogP contribution in [-0.2, 0) is 11.0 Å². The first kappa shape index (κ1) is 13.5. The first-order valence-corrected chi connectivity index (χ1v) is 4.86. The van der Waals surface area contributed by atoms with E-state index in [0.717, 1.165) is 12.1 Å². The van der Waals surface area contributed by atoms with Crippen LogP contribution in [-0.4, -0.2) is 11.0 Å². The van der Waals surface area contributed by atoms with E-state index in [0.29, 0.717) is 5.69 Å². The molecule has 0 aliphatic carbocycles. The van der Waals surface area contributed by atoms with Crippen molar-refractivity contribution in [1.82, 2.24) is 0 Å². The number of Topliss-reactive ketones (excluding diaryl/α,β-unsaturated/α-hetero) is 1. The predicted molar refractivity (Wildman–Crippen MR) is 59.0 cm³/mol. The van der Waals surface area contributed by atoms with Crippen LogP contribution < -0.4 is 5.43 Å². The number of hydrogen-bond donors (Lipinski definition) is 1. The van der Waals surface area contributed by atoms with Crippen molar-refractivity contribution in [2.45, 2.75) is 13.1 Å². The zero-order chi connectivity index (χ0) is 13.1. The Balaban J connectivity index is 2.76. The van der Waals surface area contributed by atoms with Crippen LogP contribution in [0.4, 0.5) is 18.9 Å². The fourth-order valence-electron chi connectivity index (χ4n) is 0.926. The normalized spacial score (nSPS) is 12.4. The standard InChI is InChI=1S/C10H8ClF3N2O/c1-6(17)9(11)16-15-8-4-2-7(3-5-8)10(12,13)14/h2-5,15H,1H3/b16-9-. The average molecular weight is 265 g/mol. The third kappa shape index (κ3) is 4.07. The van der Waals surface area contributed by atoms with Gasteiger partial charge in [0.15, 0.2) is 11.0 Å². The molecular weight excluding hydrogens is 257 g/mol. The average Bonchev–Trinajstić information content (AvgIpc) is 2.25. The maximum atomic E-state index is 12.2. The molecule has 0 unspecified atom stereocenters. The lowest BCUT2D eigenvalue weighted by Crippen LogP contribution is -2.06. The minimum atomic E-state index is -4.38. The van der Waals surface area contributed by atoms with Crippen LogP contribution in [0.3, 0.4) is 0 Å². The molecule has 0 aromatic heterocycles. The second-order valence-corrected chi connectivity index (χ2v) is 3.50. The van der Waals surface area contributed by atoms with Crippen LogP contribution in [0.1, 0.15) is 12.5 Å². The second-order valence-electron chi connectivity index (χ2n) is 3.15. The van der Waals surface area contributed by atoms with E-state index in [1.54, 1.807) is 0 Å². The third-order valence-electron chi connectivity index (χ3n) is 1.79. The lowest BCUT2D eigenvalue weighted by molar-refractivity contribution is -0.137. The number of hydrogen-bond acceptors (Lipinski definition) is 3. The number of halogens is 4. The molecule has 0 amide bonds. The SMILES string of the molecule is CC(=O)/C(Cl)=N/Nc1ccc(C(F)(F)F)cc1. The van der Waals surface area contributed by atoms with Crippen LogP contribution in [0, 0.1) is 0 Å². The number of carbonyl (C=O) groups excluding carboxylic acids is 1. The van der Waals surface area contributed by atoms with E-state index < -0.39 is 17.5 Å². The van der Waals surface area contributed by atoms with Gasteiger partial charge in [0.05, 0.1) is 11.3 Å². The van der Waals surface area contributed by atoms with Gasteiger partial charge < -0.3 is 0 Å². The van der Waals surface area contributed by atoms with E-state index in [1.807, 2.05) is 0 Å². The van der Waals surface area contributed by atoms with Crippen LogP contribution in [0.5, 0.6) is 0 Å². The van der Waals surface area contributed by atoms with Gasteiger partial charge in [-0.1, -0.05) is 11.6 Å². The highest BCUT2D eigenvalue weighted by Crippen LogP contribution is 2.29.